The Balaban J connectivity index is 3.14. The molecule has 0 bridgehead atoms. The molecular formula is C11H11F3O. The van der Waals surface area contributed by atoms with E-state index in [4.69, 9.17) is 0 Å². The fraction of sp³-hybridized carbons (Fsp3) is 0.364. The van der Waals surface area contributed by atoms with Gasteiger partial charge >= 0.3 is 6.18 Å². The molecule has 1 rings (SSSR count). The average molecular weight is 216 g/mol. The number of hydrogen-bond donors (Lipinski definition) is 0. The van der Waals surface area contributed by atoms with Gasteiger partial charge in [-0.25, -0.2) is 0 Å². The first-order chi connectivity index (χ1) is 6.86. The van der Waals surface area contributed by atoms with Crippen LogP contribution in [0.1, 0.15) is 29.5 Å². The zero-order chi connectivity index (χ0) is 11.6. The summed E-state index contributed by atoms with van der Waals surface area (Å²) < 4.78 is 37.2. The van der Waals surface area contributed by atoms with E-state index in [1.807, 2.05) is 0 Å². The molecule has 0 fully saturated rings. The molecule has 0 aliphatic carbocycles. The Labute approximate surface area is 85.9 Å². The van der Waals surface area contributed by atoms with Gasteiger partial charge in [-0.2, -0.15) is 13.2 Å². The third kappa shape index (κ3) is 2.58. The van der Waals surface area contributed by atoms with E-state index in [0.717, 1.165) is 6.07 Å². The van der Waals surface area contributed by atoms with Crippen molar-refractivity contribution < 1.29 is 18.0 Å². The summed E-state index contributed by atoms with van der Waals surface area (Å²) in [5.41, 5.74) is 0.105. The van der Waals surface area contributed by atoms with Crippen LogP contribution in [0.4, 0.5) is 13.2 Å². The summed E-state index contributed by atoms with van der Waals surface area (Å²) in [7, 11) is 0. The number of alkyl halides is 3. The first kappa shape index (κ1) is 11.8. The summed E-state index contributed by atoms with van der Waals surface area (Å²) in [5, 5.41) is 0. The first-order valence-electron chi connectivity index (χ1n) is 4.49. The van der Waals surface area contributed by atoms with Crippen LogP contribution in [0.3, 0.4) is 0 Å². The zero-order valence-corrected chi connectivity index (χ0v) is 8.43. The molecule has 1 aromatic rings. The molecule has 1 aromatic carbocycles. The van der Waals surface area contributed by atoms with Gasteiger partial charge in [0.05, 0.1) is 5.56 Å². The van der Waals surface area contributed by atoms with E-state index in [9.17, 15) is 18.0 Å². The standard InChI is InChI=1S/C11H11F3O/c1-7-5-9(8(2)6-15)3-4-10(7)11(12,13)14/h3-6,8H,1-2H3. The van der Waals surface area contributed by atoms with Crippen molar-refractivity contribution in [3.8, 4) is 0 Å². The van der Waals surface area contributed by atoms with Crippen LogP contribution in [0.2, 0.25) is 0 Å². The summed E-state index contributed by atoms with van der Waals surface area (Å²) in [4.78, 5) is 10.5. The molecule has 0 aliphatic rings. The highest BCUT2D eigenvalue weighted by atomic mass is 19.4. The van der Waals surface area contributed by atoms with Crippen LogP contribution < -0.4 is 0 Å². The maximum atomic E-state index is 12.4. The zero-order valence-electron chi connectivity index (χ0n) is 8.43. The van der Waals surface area contributed by atoms with Crippen LogP contribution in [0.5, 0.6) is 0 Å². The van der Waals surface area contributed by atoms with Gasteiger partial charge in [0.15, 0.2) is 0 Å². The van der Waals surface area contributed by atoms with Gasteiger partial charge < -0.3 is 4.79 Å². The molecule has 0 aliphatic heterocycles. The van der Waals surface area contributed by atoms with Crippen molar-refractivity contribution in [2.45, 2.75) is 25.9 Å². The molecule has 15 heavy (non-hydrogen) atoms. The summed E-state index contributed by atoms with van der Waals surface area (Å²) in [6, 6.07) is 3.77. The van der Waals surface area contributed by atoms with E-state index in [-0.39, 0.29) is 11.5 Å². The maximum Gasteiger partial charge on any atom is 0.416 e. The predicted octanol–water partition coefficient (Wildman–Crippen LogP) is 3.32. The minimum absolute atomic E-state index is 0.147. The fourth-order valence-electron chi connectivity index (χ4n) is 1.37. The minimum Gasteiger partial charge on any atom is -0.303 e. The minimum atomic E-state index is -4.33. The molecule has 4 heteroatoms. The summed E-state index contributed by atoms with van der Waals surface area (Å²) in [6.45, 7) is 3.04. The number of halogens is 3. The molecule has 1 nitrogen and oxygen atoms in total. The van der Waals surface area contributed by atoms with Crippen molar-refractivity contribution >= 4 is 6.29 Å². The van der Waals surface area contributed by atoms with E-state index in [1.54, 1.807) is 6.92 Å². The van der Waals surface area contributed by atoms with Crippen LogP contribution in [0, 0.1) is 6.92 Å². The molecule has 1 atom stereocenters. The average Bonchev–Trinajstić information content (AvgIpc) is 2.14. The molecule has 1 unspecified atom stereocenters. The SMILES string of the molecule is Cc1cc(C(C)C=O)ccc1C(F)(F)F. The fourth-order valence-corrected chi connectivity index (χ4v) is 1.37. The lowest BCUT2D eigenvalue weighted by atomic mass is 9.97. The van der Waals surface area contributed by atoms with Crippen LogP contribution in [-0.2, 0) is 11.0 Å². The largest absolute Gasteiger partial charge is 0.416 e. The molecule has 0 aromatic heterocycles. The Kier molecular flexibility index (Phi) is 3.17. The predicted molar refractivity (Wildman–Crippen MR) is 50.7 cm³/mol. The number of aldehydes is 1. The van der Waals surface area contributed by atoms with Crippen LogP contribution in [0.25, 0.3) is 0 Å². The van der Waals surface area contributed by atoms with Crippen molar-refractivity contribution in [3.05, 3.63) is 34.9 Å². The number of aryl methyl sites for hydroxylation is 1. The molecule has 0 saturated heterocycles. The molecule has 0 heterocycles. The van der Waals surface area contributed by atoms with Gasteiger partial charge in [-0.1, -0.05) is 19.1 Å². The van der Waals surface area contributed by atoms with Crippen molar-refractivity contribution in [3.63, 3.8) is 0 Å². The van der Waals surface area contributed by atoms with E-state index < -0.39 is 11.7 Å². The van der Waals surface area contributed by atoms with Gasteiger partial charge in [-0.3, -0.25) is 0 Å². The summed E-state index contributed by atoms with van der Waals surface area (Å²) >= 11 is 0. The second-order valence-electron chi connectivity index (χ2n) is 3.50. The van der Waals surface area contributed by atoms with Crippen LogP contribution >= 0.6 is 0 Å². The first-order valence-corrected chi connectivity index (χ1v) is 4.49. The van der Waals surface area contributed by atoms with Gasteiger partial charge in [0, 0.05) is 5.92 Å². The van der Waals surface area contributed by atoms with Crippen molar-refractivity contribution in [2.75, 3.05) is 0 Å². The van der Waals surface area contributed by atoms with Gasteiger partial charge in [0.1, 0.15) is 6.29 Å². The van der Waals surface area contributed by atoms with Crippen LogP contribution in [0.15, 0.2) is 18.2 Å². The molecule has 0 spiro atoms. The van der Waals surface area contributed by atoms with E-state index >= 15 is 0 Å². The molecule has 82 valence electrons. The lowest BCUT2D eigenvalue weighted by Crippen LogP contribution is -2.08. The van der Waals surface area contributed by atoms with E-state index in [0.29, 0.717) is 11.8 Å². The van der Waals surface area contributed by atoms with Gasteiger partial charge in [-0.05, 0) is 24.1 Å². The number of hydrogen-bond acceptors (Lipinski definition) is 1. The van der Waals surface area contributed by atoms with Gasteiger partial charge in [-0.15, -0.1) is 0 Å². The monoisotopic (exact) mass is 216 g/mol. The highest BCUT2D eigenvalue weighted by molar-refractivity contribution is 5.61. The lowest BCUT2D eigenvalue weighted by molar-refractivity contribution is -0.138. The molecule has 0 saturated carbocycles. The third-order valence-corrected chi connectivity index (χ3v) is 2.29. The van der Waals surface area contributed by atoms with Crippen molar-refractivity contribution in [1.82, 2.24) is 0 Å². The third-order valence-electron chi connectivity index (χ3n) is 2.29. The topological polar surface area (TPSA) is 17.1 Å². The maximum absolute atomic E-state index is 12.4. The molecule has 0 N–H and O–H groups in total. The Morgan fingerprint density at radius 1 is 1.33 bits per heavy atom. The van der Waals surface area contributed by atoms with Crippen molar-refractivity contribution in [2.24, 2.45) is 0 Å². The van der Waals surface area contributed by atoms with Crippen LogP contribution in [-0.4, -0.2) is 6.29 Å². The normalized spacial score (nSPS) is 13.7. The molecular weight excluding hydrogens is 205 g/mol. The highest BCUT2D eigenvalue weighted by Gasteiger charge is 2.32. The number of carbonyl (C=O) groups excluding carboxylic acids is 1. The Bertz CT molecular complexity index is 369. The number of carbonyl (C=O) groups is 1. The Hall–Kier alpha value is -1.32. The van der Waals surface area contributed by atoms with Crippen molar-refractivity contribution in [1.29, 1.82) is 0 Å². The number of rotatable bonds is 2. The van der Waals surface area contributed by atoms with Gasteiger partial charge in [0.25, 0.3) is 0 Å². The lowest BCUT2D eigenvalue weighted by Gasteiger charge is -2.12. The highest BCUT2D eigenvalue weighted by Crippen LogP contribution is 2.32. The molecule has 0 radical (unpaired) electrons. The Morgan fingerprint density at radius 3 is 2.33 bits per heavy atom. The number of benzene rings is 1. The van der Waals surface area contributed by atoms with Gasteiger partial charge in [0.2, 0.25) is 0 Å². The second-order valence-corrected chi connectivity index (χ2v) is 3.50. The quantitative estimate of drug-likeness (QED) is 0.693. The summed E-state index contributed by atoms with van der Waals surface area (Å²) in [5.74, 6) is -0.369. The smallest absolute Gasteiger partial charge is 0.303 e. The van der Waals surface area contributed by atoms with E-state index in [2.05, 4.69) is 0 Å². The molecule has 0 amide bonds. The Morgan fingerprint density at radius 2 is 1.93 bits per heavy atom. The van der Waals surface area contributed by atoms with E-state index in [1.165, 1.54) is 19.1 Å². The summed E-state index contributed by atoms with van der Waals surface area (Å²) in [6.07, 6.45) is -3.62. The second kappa shape index (κ2) is 4.04.